The highest BCUT2D eigenvalue weighted by Gasteiger charge is 2.39. The van der Waals surface area contributed by atoms with Crippen molar-refractivity contribution in [3.8, 4) is 56.0 Å². The van der Waals surface area contributed by atoms with Crippen LogP contribution in [-0.2, 0) is 5.41 Å². The fraction of sp³-hybridized carbons (Fsp3) is 0.0638. The number of furan rings is 1. The first kappa shape index (κ1) is 26.9. The molecule has 0 fully saturated rings. The van der Waals surface area contributed by atoms with Gasteiger partial charge in [0.25, 0.3) is 0 Å². The molecule has 1 aliphatic carbocycles. The van der Waals surface area contributed by atoms with Crippen LogP contribution in [0.2, 0.25) is 0 Å². The molecular weight excluding hydrogens is 597 g/mol. The lowest BCUT2D eigenvalue weighted by Crippen LogP contribution is -2.15. The first-order valence-corrected chi connectivity index (χ1v) is 17.0. The predicted molar refractivity (Wildman–Crippen MR) is 203 cm³/mol. The first-order chi connectivity index (χ1) is 24.0. The minimum atomic E-state index is -0.211. The monoisotopic (exact) mass is 626 g/mol. The molecule has 230 valence electrons. The number of ether oxygens (including phenoxy) is 1. The summed E-state index contributed by atoms with van der Waals surface area (Å²) in [7, 11) is 0. The lowest BCUT2D eigenvalue weighted by molar-refractivity contribution is 0.487. The number of benzene rings is 8. The fourth-order valence-corrected chi connectivity index (χ4v) is 8.82. The van der Waals surface area contributed by atoms with E-state index in [9.17, 15) is 0 Å². The summed E-state index contributed by atoms with van der Waals surface area (Å²) >= 11 is 0. The third kappa shape index (κ3) is 3.61. The summed E-state index contributed by atoms with van der Waals surface area (Å²) in [5.41, 5.74) is 14.2. The highest BCUT2D eigenvalue weighted by molar-refractivity contribution is 6.12. The minimum Gasteiger partial charge on any atom is -0.456 e. The normalized spacial score (nSPS) is 13.8. The van der Waals surface area contributed by atoms with Gasteiger partial charge in [-0.1, -0.05) is 117 Å². The zero-order valence-corrected chi connectivity index (χ0v) is 27.2. The van der Waals surface area contributed by atoms with Crippen LogP contribution in [0.1, 0.15) is 25.0 Å². The number of rotatable bonds is 2. The van der Waals surface area contributed by atoms with Crippen molar-refractivity contribution in [2.45, 2.75) is 19.3 Å². The number of para-hydroxylation sites is 2. The van der Waals surface area contributed by atoms with Crippen molar-refractivity contribution in [3.05, 3.63) is 157 Å². The van der Waals surface area contributed by atoms with Crippen LogP contribution < -0.4 is 4.74 Å². The molecule has 0 N–H and O–H groups in total. The van der Waals surface area contributed by atoms with E-state index < -0.39 is 0 Å². The highest BCUT2D eigenvalue weighted by atomic mass is 16.5. The second-order valence-electron chi connectivity index (χ2n) is 14.0. The fourth-order valence-electron chi connectivity index (χ4n) is 8.82. The second kappa shape index (κ2) is 9.49. The van der Waals surface area contributed by atoms with Crippen LogP contribution in [0.4, 0.5) is 0 Å². The van der Waals surface area contributed by atoms with Crippen LogP contribution in [-0.4, -0.2) is 0 Å². The Kier molecular flexibility index (Phi) is 5.21. The van der Waals surface area contributed by atoms with Gasteiger partial charge in [0, 0.05) is 27.1 Å². The van der Waals surface area contributed by atoms with E-state index in [0.29, 0.717) is 0 Å². The van der Waals surface area contributed by atoms with Crippen molar-refractivity contribution in [2.24, 2.45) is 0 Å². The smallest absolute Gasteiger partial charge is 0.135 e. The number of fused-ring (bicyclic) bond motifs is 10. The van der Waals surface area contributed by atoms with E-state index in [1.54, 1.807) is 0 Å². The molecule has 1 aliphatic heterocycles. The van der Waals surface area contributed by atoms with E-state index >= 15 is 0 Å². The molecule has 0 saturated carbocycles. The van der Waals surface area contributed by atoms with E-state index in [-0.39, 0.29) is 5.41 Å². The summed E-state index contributed by atoms with van der Waals surface area (Å²) in [6, 6.07) is 52.8. The molecule has 9 aromatic rings. The molecule has 0 unspecified atom stereocenters. The quantitative estimate of drug-likeness (QED) is 0.190. The Labute approximate surface area is 283 Å². The molecule has 11 rings (SSSR count). The molecule has 2 heteroatoms. The molecule has 0 atom stereocenters. The van der Waals surface area contributed by atoms with Gasteiger partial charge in [0.15, 0.2) is 0 Å². The van der Waals surface area contributed by atoms with Gasteiger partial charge >= 0.3 is 0 Å². The van der Waals surface area contributed by atoms with Crippen molar-refractivity contribution in [3.63, 3.8) is 0 Å². The number of hydrogen-bond donors (Lipinski definition) is 0. The Morgan fingerprint density at radius 3 is 2.14 bits per heavy atom. The zero-order chi connectivity index (χ0) is 32.4. The van der Waals surface area contributed by atoms with Crippen molar-refractivity contribution in [1.82, 2.24) is 0 Å². The van der Waals surface area contributed by atoms with E-state index in [2.05, 4.69) is 147 Å². The highest BCUT2D eigenvalue weighted by Crippen LogP contribution is 2.56. The molecule has 0 radical (unpaired) electrons. The van der Waals surface area contributed by atoms with Gasteiger partial charge < -0.3 is 9.15 Å². The molecule has 2 nitrogen and oxygen atoms in total. The Bertz CT molecular complexity index is 2880. The molecule has 0 bridgehead atoms. The largest absolute Gasteiger partial charge is 0.456 e. The van der Waals surface area contributed by atoms with Crippen molar-refractivity contribution < 1.29 is 9.15 Å². The summed E-state index contributed by atoms with van der Waals surface area (Å²) in [4.78, 5) is 0. The Hall–Kier alpha value is -6.12. The molecule has 2 heterocycles. The molecule has 0 saturated heterocycles. The van der Waals surface area contributed by atoms with Crippen LogP contribution in [0.3, 0.4) is 0 Å². The lowest BCUT2D eigenvalue weighted by Gasteiger charge is -2.25. The van der Waals surface area contributed by atoms with Gasteiger partial charge in [0.2, 0.25) is 0 Å². The zero-order valence-electron chi connectivity index (χ0n) is 27.2. The average Bonchev–Trinajstić information content (AvgIpc) is 3.63. The molecular formula is C47H30O2. The Morgan fingerprint density at radius 2 is 1.20 bits per heavy atom. The lowest BCUT2D eigenvalue weighted by atomic mass is 9.78. The molecule has 2 aliphatic rings. The summed E-state index contributed by atoms with van der Waals surface area (Å²) in [6.45, 7) is 4.79. The van der Waals surface area contributed by atoms with Crippen LogP contribution in [0, 0.1) is 0 Å². The molecule has 0 spiro atoms. The Balaban J connectivity index is 1.23. The molecule has 8 aromatic carbocycles. The second-order valence-corrected chi connectivity index (χ2v) is 14.0. The standard InChI is InChI=1S/C47H30O2/c1-47(2)39-26-29(30-21-23-43-45-34(30)14-9-15-35(45)32-12-5-7-16-40(32)49-43)25-37(44(39)36-20-18-27-10-3-4-11-31(27)46(36)47)28-19-22-42-38(24-28)33-13-6-8-17-41(33)48-42/h3-26H,1-2H3. The molecule has 1 aromatic heterocycles. The van der Waals surface area contributed by atoms with Gasteiger partial charge in [-0.05, 0) is 109 Å². The van der Waals surface area contributed by atoms with Crippen LogP contribution in [0.15, 0.2) is 150 Å². The van der Waals surface area contributed by atoms with Crippen molar-refractivity contribution >= 4 is 43.5 Å². The van der Waals surface area contributed by atoms with E-state index in [1.807, 2.05) is 12.1 Å². The predicted octanol–water partition coefficient (Wildman–Crippen LogP) is 13.3. The third-order valence-corrected chi connectivity index (χ3v) is 11.0. The van der Waals surface area contributed by atoms with Gasteiger partial charge in [0.1, 0.15) is 22.7 Å². The first-order valence-electron chi connectivity index (χ1n) is 17.0. The van der Waals surface area contributed by atoms with Gasteiger partial charge in [-0.2, -0.15) is 0 Å². The SMILES string of the molecule is CC1(C)c2cc(-c3ccc4c5c(cccc35)-c3ccccc3O4)cc(-c3ccc4oc5ccccc5c4c3)c2-c2ccc3ccccc3c21. The van der Waals surface area contributed by atoms with E-state index in [4.69, 9.17) is 9.15 Å². The Morgan fingerprint density at radius 1 is 0.449 bits per heavy atom. The van der Waals surface area contributed by atoms with Crippen LogP contribution in [0.5, 0.6) is 11.5 Å². The number of hydrogen-bond acceptors (Lipinski definition) is 2. The summed E-state index contributed by atoms with van der Waals surface area (Å²) < 4.78 is 12.7. The average molecular weight is 627 g/mol. The molecule has 49 heavy (non-hydrogen) atoms. The summed E-state index contributed by atoms with van der Waals surface area (Å²) in [5.74, 6) is 1.81. The van der Waals surface area contributed by atoms with Gasteiger partial charge in [-0.15, -0.1) is 0 Å². The van der Waals surface area contributed by atoms with Gasteiger partial charge in [-0.25, -0.2) is 0 Å². The maximum absolute atomic E-state index is 6.48. The van der Waals surface area contributed by atoms with Crippen molar-refractivity contribution in [2.75, 3.05) is 0 Å². The van der Waals surface area contributed by atoms with Gasteiger partial charge in [-0.3, -0.25) is 0 Å². The van der Waals surface area contributed by atoms with Crippen LogP contribution in [0.25, 0.3) is 88.0 Å². The maximum atomic E-state index is 6.48. The third-order valence-electron chi connectivity index (χ3n) is 11.0. The summed E-state index contributed by atoms with van der Waals surface area (Å²) in [5, 5.41) is 7.25. The summed E-state index contributed by atoms with van der Waals surface area (Å²) in [6.07, 6.45) is 0. The van der Waals surface area contributed by atoms with Gasteiger partial charge in [0.05, 0.1) is 0 Å². The maximum Gasteiger partial charge on any atom is 0.135 e. The topological polar surface area (TPSA) is 22.4 Å². The van der Waals surface area contributed by atoms with E-state index in [1.165, 1.54) is 71.6 Å². The minimum absolute atomic E-state index is 0.211. The van der Waals surface area contributed by atoms with Crippen LogP contribution >= 0.6 is 0 Å². The molecule has 0 amide bonds. The van der Waals surface area contributed by atoms with Crippen molar-refractivity contribution in [1.29, 1.82) is 0 Å². The van der Waals surface area contributed by atoms with E-state index in [0.717, 1.165) is 39.0 Å².